The van der Waals surface area contributed by atoms with Crippen LogP contribution in [-0.4, -0.2) is 5.33 Å². The molecular weight excluding hydrogens is 224 g/mol. The van der Waals surface area contributed by atoms with Crippen molar-refractivity contribution >= 4 is 15.9 Å². The maximum absolute atomic E-state index is 3.64. The summed E-state index contributed by atoms with van der Waals surface area (Å²) in [5.74, 6) is 0.759. The van der Waals surface area contributed by atoms with E-state index in [4.69, 9.17) is 0 Å². The summed E-state index contributed by atoms with van der Waals surface area (Å²) >= 11 is 3.64. The van der Waals surface area contributed by atoms with Crippen LogP contribution in [-0.2, 0) is 0 Å². The van der Waals surface area contributed by atoms with Crippen molar-refractivity contribution in [3.63, 3.8) is 0 Å². The van der Waals surface area contributed by atoms with Gasteiger partial charge in [-0.05, 0) is 29.6 Å². The van der Waals surface area contributed by atoms with Crippen LogP contribution in [0.4, 0.5) is 0 Å². The molecule has 0 saturated carbocycles. The van der Waals surface area contributed by atoms with E-state index in [9.17, 15) is 0 Å². The van der Waals surface area contributed by atoms with Crippen LogP contribution in [0.3, 0.4) is 0 Å². The highest BCUT2D eigenvalue weighted by Gasteiger charge is 2.28. The van der Waals surface area contributed by atoms with Crippen molar-refractivity contribution in [3.05, 3.63) is 0 Å². The van der Waals surface area contributed by atoms with Crippen molar-refractivity contribution in [2.24, 2.45) is 16.7 Å². The number of hydrogen-bond acceptors (Lipinski definition) is 0. The molecule has 80 valence electrons. The van der Waals surface area contributed by atoms with Gasteiger partial charge >= 0.3 is 0 Å². The Morgan fingerprint density at radius 3 is 1.69 bits per heavy atom. The molecule has 0 aliphatic rings. The molecule has 0 N–H and O–H groups in total. The molecule has 0 spiro atoms. The fourth-order valence-electron chi connectivity index (χ4n) is 1.17. The molecule has 0 aromatic heterocycles. The van der Waals surface area contributed by atoms with Crippen molar-refractivity contribution in [3.8, 4) is 0 Å². The van der Waals surface area contributed by atoms with Crippen molar-refractivity contribution in [1.82, 2.24) is 0 Å². The van der Waals surface area contributed by atoms with Gasteiger partial charge in [0.1, 0.15) is 0 Å². The van der Waals surface area contributed by atoms with Crippen LogP contribution in [0.5, 0.6) is 0 Å². The Morgan fingerprint density at radius 2 is 1.46 bits per heavy atom. The first-order valence-corrected chi connectivity index (χ1v) is 6.39. The van der Waals surface area contributed by atoms with E-state index in [1.807, 2.05) is 0 Å². The van der Waals surface area contributed by atoms with Gasteiger partial charge in [-0.15, -0.1) is 0 Å². The van der Waals surface area contributed by atoms with E-state index in [2.05, 4.69) is 57.5 Å². The Labute approximate surface area is 92.6 Å². The van der Waals surface area contributed by atoms with Crippen molar-refractivity contribution in [2.45, 2.75) is 54.4 Å². The van der Waals surface area contributed by atoms with Crippen molar-refractivity contribution < 1.29 is 0 Å². The highest BCUT2D eigenvalue weighted by molar-refractivity contribution is 9.09. The van der Waals surface area contributed by atoms with Gasteiger partial charge in [-0.3, -0.25) is 0 Å². The van der Waals surface area contributed by atoms with E-state index in [1.54, 1.807) is 0 Å². The lowest BCUT2D eigenvalue weighted by Crippen LogP contribution is -2.27. The van der Waals surface area contributed by atoms with Gasteiger partial charge in [0.15, 0.2) is 0 Å². The van der Waals surface area contributed by atoms with Crippen LogP contribution in [0.2, 0.25) is 0 Å². The summed E-state index contributed by atoms with van der Waals surface area (Å²) < 4.78 is 0. The minimum absolute atomic E-state index is 0.466. The van der Waals surface area contributed by atoms with Crippen LogP contribution in [0, 0.1) is 16.7 Å². The first kappa shape index (κ1) is 13.5. The quantitative estimate of drug-likeness (QED) is 0.623. The Morgan fingerprint density at radius 1 is 1.00 bits per heavy atom. The molecule has 0 bridgehead atoms. The predicted octanol–water partition coefficient (Wildman–Crippen LogP) is 4.87. The molecule has 1 unspecified atom stereocenters. The second kappa shape index (κ2) is 4.82. The Bertz CT molecular complexity index is 144. The zero-order valence-electron chi connectivity index (χ0n) is 10.1. The van der Waals surface area contributed by atoms with Crippen LogP contribution in [0.15, 0.2) is 0 Å². The lowest BCUT2D eigenvalue weighted by atomic mass is 9.74. The summed E-state index contributed by atoms with van der Waals surface area (Å²) in [7, 11) is 0. The van der Waals surface area contributed by atoms with E-state index >= 15 is 0 Å². The Balaban J connectivity index is 4.14. The number of hydrogen-bond donors (Lipinski definition) is 0. The maximum atomic E-state index is 3.64. The maximum Gasteiger partial charge on any atom is 0.00877 e. The van der Waals surface area contributed by atoms with E-state index in [0.29, 0.717) is 10.8 Å². The third kappa shape index (κ3) is 5.05. The largest absolute Gasteiger partial charge is 0.0922 e. The zero-order chi connectivity index (χ0) is 10.7. The summed E-state index contributed by atoms with van der Waals surface area (Å²) in [5, 5.41) is 1.12. The van der Waals surface area contributed by atoms with Gasteiger partial charge in [0.05, 0.1) is 0 Å². The summed E-state index contributed by atoms with van der Waals surface area (Å²) in [4.78, 5) is 0. The number of rotatable bonds is 4. The molecule has 0 saturated heterocycles. The van der Waals surface area contributed by atoms with Gasteiger partial charge in [-0.2, -0.15) is 0 Å². The predicted molar refractivity (Wildman–Crippen MR) is 65.4 cm³/mol. The normalized spacial score (nSPS) is 17.5. The first-order valence-electron chi connectivity index (χ1n) is 5.27. The highest BCUT2D eigenvalue weighted by Crippen LogP contribution is 2.37. The summed E-state index contributed by atoms with van der Waals surface area (Å²) in [6.07, 6.45) is 2.63. The van der Waals surface area contributed by atoms with Gasteiger partial charge < -0.3 is 0 Å². The third-order valence-corrected chi connectivity index (χ3v) is 4.43. The molecule has 0 aromatic rings. The van der Waals surface area contributed by atoms with Gasteiger partial charge in [0.25, 0.3) is 0 Å². The molecule has 0 radical (unpaired) electrons. The van der Waals surface area contributed by atoms with Crippen LogP contribution < -0.4 is 0 Å². The zero-order valence-corrected chi connectivity index (χ0v) is 11.7. The van der Waals surface area contributed by atoms with Crippen molar-refractivity contribution in [2.75, 3.05) is 5.33 Å². The standard InChI is InChI=1S/C12H25Br/c1-10(2)12(6,9-13)8-7-11(3,4)5/h10H,7-9H2,1-6H3. The summed E-state index contributed by atoms with van der Waals surface area (Å²) in [5.41, 5.74) is 0.936. The van der Waals surface area contributed by atoms with E-state index in [1.165, 1.54) is 12.8 Å². The molecular formula is C12H25Br. The topological polar surface area (TPSA) is 0 Å². The third-order valence-electron chi connectivity index (χ3n) is 3.15. The number of alkyl halides is 1. The van der Waals surface area contributed by atoms with Crippen LogP contribution in [0.1, 0.15) is 54.4 Å². The molecule has 0 heterocycles. The fourth-order valence-corrected chi connectivity index (χ4v) is 2.10. The SMILES string of the molecule is CC(C)C(C)(CBr)CCC(C)(C)C. The molecule has 0 amide bonds. The molecule has 0 fully saturated rings. The second-order valence-corrected chi connectivity index (χ2v) is 6.56. The second-order valence-electron chi connectivity index (χ2n) is 6.00. The van der Waals surface area contributed by atoms with E-state index < -0.39 is 0 Å². The molecule has 1 atom stereocenters. The van der Waals surface area contributed by atoms with Gasteiger partial charge in [0.2, 0.25) is 0 Å². The van der Waals surface area contributed by atoms with Crippen LogP contribution in [0.25, 0.3) is 0 Å². The summed E-state index contributed by atoms with van der Waals surface area (Å²) in [6, 6.07) is 0. The van der Waals surface area contributed by atoms with Crippen LogP contribution >= 0.6 is 15.9 Å². The minimum Gasteiger partial charge on any atom is -0.0922 e. The average molecular weight is 249 g/mol. The van der Waals surface area contributed by atoms with E-state index in [-0.39, 0.29) is 0 Å². The molecule has 0 aliphatic carbocycles. The highest BCUT2D eigenvalue weighted by atomic mass is 79.9. The van der Waals surface area contributed by atoms with E-state index in [0.717, 1.165) is 11.2 Å². The van der Waals surface area contributed by atoms with Gasteiger partial charge in [-0.25, -0.2) is 0 Å². The first-order chi connectivity index (χ1) is 5.71. The molecule has 1 heteroatoms. The molecule has 0 nitrogen and oxygen atoms in total. The molecule has 0 aliphatic heterocycles. The van der Waals surface area contributed by atoms with Gasteiger partial charge in [0, 0.05) is 5.33 Å². The fraction of sp³-hybridized carbons (Fsp3) is 1.00. The smallest absolute Gasteiger partial charge is 0.00877 e. The number of halogens is 1. The molecule has 0 aromatic carbocycles. The summed E-state index contributed by atoms with van der Waals surface area (Å²) in [6.45, 7) is 14.0. The molecule has 0 rings (SSSR count). The monoisotopic (exact) mass is 248 g/mol. The van der Waals surface area contributed by atoms with Gasteiger partial charge in [-0.1, -0.05) is 57.5 Å². The van der Waals surface area contributed by atoms with Crippen molar-refractivity contribution in [1.29, 1.82) is 0 Å². The minimum atomic E-state index is 0.466. The lowest BCUT2D eigenvalue weighted by molar-refractivity contribution is 0.197. The lowest BCUT2D eigenvalue weighted by Gasteiger charge is -2.34. The molecule has 13 heavy (non-hydrogen) atoms. The average Bonchev–Trinajstić information content (AvgIpc) is 1.98. The Hall–Kier alpha value is 0.480. The Kier molecular flexibility index (Phi) is 4.99.